The first-order valence-corrected chi connectivity index (χ1v) is 11.3. The maximum atomic E-state index is 13.4. The van der Waals surface area contributed by atoms with Crippen molar-refractivity contribution in [2.24, 2.45) is 18.2 Å². The van der Waals surface area contributed by atoms with Gasteiger partial charge in [-0.15, -0.1) is 0 Å². The van der Waals surface area contributed by atoms with Crippen molar-refractivity contribution in [1.29, 1.82) is 0 Å². The lowest BCUT2D eigenvalue weighted by Gasteiger charge is -2.41. The van der Waals surface area contributed by atoms with Gasteiger partial charge in [0.1, 0.15) is 16.8 Å². The molecule has 0 bridgehead atoms. The Kier molecular flexibility index (Phi) is 4.35. The number of aromatic nitrogens is 4. The molecule has 168 valence electrons. The summed E-state index contributed by atoms with van der Waals surface area (Å²) in [7, 11) is 1.79. The van der Waals surface area contributed by atoms with Gasteiger partial charge < -0.3 is 20.1 Å². The Hall–Kier alpha value is -2.91. The highest BCUT2D eigenvalue weighted by atomic mass is 16.5. The molecule has 2 aromatic heterocycles. The van der Waals surface area contributed by atoms with Crippen LogP contribution in [-0.4, -0.2) is 58.2 Å². The van der Waals surface area contributed by atoms with E-state index in [0.717, 1.165) is 49.2 Å². The number of benzene rings is 1. The van der Waals surface area contributed by atoms with Crippen LogP contribution in [0.15, 0.2) is 23.0 Å². The number of hydrogen-bond donors (Lipinski definition) is 2. The van der Waals surface area contributed by atoms with Gasteiger partial charge in [-0.25, -0.2) is 0 Å². The Morgan fingerprint density at radius 3 is 2.84 bits per heavy atom. The summed E-state index contributed by atoms with van der Waals surface area (Å²) >= 11 is 0. The molecule has 32 heavy (non-hydrogen) atoms. The summed E-state index contributed by atoms with van der Waals surface area (Å²) in [4.78, 5) is 20.4. The lowest BCUT2D eigenvalue weighted by atomic mass is 9.73. The molecule has 0 saturated carbocycles. The summed E-state index contributed by atoms with van der Waals surface area (Å²) in [5, 5.41) is 7.97. The molecule has 2 atom stereocenters. The van der Waals surface area contributed by atoms with Crippen LogP contribution in [0.4, 0.5) is 5.95 Å². The molecule has 9 nitrogen and oxygen atoms in total. The normalized spacial score (nSPS) is 24.3. The standard InChI is InChI=1S/C23H28N6O3/c1-13-19(24)23(12-32-13)6-8-29(9-7-23)22-25-20-17(21(30)28(22)2)18(26-27-20)15-3-4-16-14(11-15)5-10-31-16/h3-4,11,13,19H,5-10,12,24H2,1-2H3,(H,26,27)/t13-,19+/m0/s1. The average Bonchev–Trinajstić information content (AvgIpc) is 3.51. The van der Waals surface area contributed by atoms with E-state index in [9.17, 15) is 4.79 Å². The minimum atomic E-state index is -0.0969. The van der Waals surface area contributed by atoms with Crippen molar-refractivity contribution in [3.05, 3.63) is 34.1 Å². The lowest BCUT2D eigenvalue weighted by molar-refractivity contribution is 0.0973. The zero-order valence-corrected chi connectivity index (χ0v) is 18.4. The molecule has 0 unspecified atom stereocenters. The van der Waals surface area contributed by atoms with Crippen molar-refractivity contribution in [2.75, 3.05) is 31.2 Å². The van der Waals surface area contributed by atoms with Crippen LogP contribution in [0.1, 0.15) is 25.3 Å². The largest absolute Gasteiger partial charge is 0.493 e. The molecular weight excluding hydrogens is 408 g/mol. The van der Waals surface area contributed by atoms with Crippen molar-refractivity contribution in [2.45, 2.75) is 38.3 Å². The predicted molar refractivity (Wildman–Crippen MR) is 121 cm³/mol. The molecule has 3 N–H and O–H groups in total. The van der Waals surface area contributed by atoms with Crippen LogP contribution >= 0.6 is 0 Å². The molecule has 2 saturated heterocycles. The highest BCUT2D eigenvalue weighted by Gasteiger charge is 2.47. The molecule has 0 aliphatic carbocycles. The maximum Gasteiger partial charge on any atom is 0.266 e. The van der Waals surface area contributed by atoms with E-state index in [1.54, 1.807) is 11.6 Å². The molecule has 3 aliphatic heterocycles. The molecule has 3 aliphatic rings. The van der Waals surface area contributed by atoms with Crippen LogP contribution < -0.4 is 20.9 Å². The van der Waals surface area contributed by atoms with Gasteiger partial charge in [0, 0.05) is 43.6 Å². The Labute approximate surface area is 185 Å². The van der Waals surface area contributed by atoms with Crippen molar-refractivity contribution in [3.8, 4) is 17.0 Å². The Bertz CT molecular complexity index is 1260. The number of anilines is 1. The van der Waals surface area contributed by atoms with Gasteiger partial charge in [0.15, 0.2) is 5.65 Å². The summed E-state index contributed by atoms with van der Waals surface area (Å²) in [5.41, 5.74) is 9.58. The highest BCUT2D eigenvalue weighted by molar-refractivity contribution is 5.91. The highest BCUT2D eigenvalue weighted by Crippen LogP contribution is 2.41. The second-order valence-corrected chi connectivity index (χ2v) is 9.38. The van der Waals surface area contributed by atoms with E-state index in [2.05, 4.69) is 28.1 Å². The Balaban J connectivity index is 1.34. The first-order chi connectivity index (χ1) is 15.5. The van der Waals surface area contributed by atoms with Gasteiger partial charge in [-0.05, 0) is 43.5 Å². The molecule has 5 heterocycles. The third kappa shape index (κ3) is 2.80. The van der Waals surface area contributed by atoms with Crippen molar-refractivity contribution >= 4 is 17.0 Å². The number of aromatic amines is 1. The van der Waals surface area contributed by atoms with Gasteiger partial charge in [-0.2, -0.15) is 10.1 Å². The Morgan fingerprint density at radius 2 is 2.09 bits per heavy atom. The van der Waals surface area contributed by atoms with Crippen LogP contribution in [-0.2, 0) is 18.2 Å². The molecule has 1 spiro atoms. The molecule has 0 radical (unpaired) electrons. The maximum absolute atomic E-state index is 13.4. The van der Waals surface area contributed by atoms with Gasteiger partial charge in [0.25, 0.3) is 5.56 Å². The van der Waals surface area contributed by atoms with Crippen molar-refractivity contribution < 1.29 is 9.47 Å². The Morgan fingerprint density at radius 1 is 1.28 bits per heavy atom. The molecule has 6 rings (SSSR count). The van der Waals surface area contributed by atoms with Gasteiger partial charge >= 0.3 is 0 Å². The van der Waals surface area contributed by atoms with E-state index in [4.69, 9.17) is 20.2 Å². The lowest BCUT2D eigenvalue weighted by Crippen LogP contribution is -2.51. The van der Waals surface area contributed by atoms with E-state index in [-0.39, 0.29) is 23.1 Å². The first-order valence-electron chi connectivity index (χ1n) is 11.3. The molecular formula is C23H28N6O3. The second-order valence-electron chi connectivity index (χ2n) is 9.38. The van der Waals surface area contributed by atoms with Crippen LogP contribution in [0, 0.1) is 5.41 Å². The third-order valence-corrected chi connectivity index (χ3v) is 7.63. The van der Waals surface area contributed by atoms with Crippen molar-refractivity contribution in [3.63, 3.8) is 0 Å². The summed E-state index contributed by atoms with van der Waals surface area (Å²) in [5.74, 6) is 1.57. The average molecular weight is 437 g/mol. The molecule has 9 heteroatoms. The second kappa shape index (κ2) is 7.05. The minimum absolute atomic E-state index is 0.0251. The SMILES string of the molecule is C[C@@H]1OCC2(CCN(c3nc4[nH]nc(-c5ccc6c(c5)CCO6)c4c(=O)n3C)CC2)[C@@H]1N. The van der Waals surface area contributed by atoms with Crippen LogP contribution in [0.3, 0.4) is 0 Å². The fourth-order valence-electron chi connectivity index (χ4n) is 5.50. The van der Waals surface area contributed by atoms with E-state index in [0.29, 0.717) is 35.9 Å². The molecule has 2 fully saturated rings. The van der Waals surface area contributed by atoms with E-state index >= 15 is 0 Å². The fraction of sp³-hybridized carbons (Fsp3) is 0.522. The number of ether oxygens (including phenoxy) is 2. The minimum Gasteiger partial charge on any atom is -0.493 e. The number of hydrogen-bond acceptors (Lipinski definition) is 7. The van der Waals surface area contributed by atoms with Gasteiger partial charge in [-0.1, -0.05) is 0 Å². The zero-order chi connectivity index (χ0) is 22.0. The zero-order valence-electron chi connectivity index (χ0n) is 18.4. The number of nitrogens with one attached hydrogen (secondary N) is 1. The number of fused-ring (bicyclic) bond motifs is 2. The van der Waals surface area contributed by atoms with Gasteiger partial charge in [0.05, 0.1) is 19.3 Å². The number of nitrogens with two attached hydrogens (primary N) is 1. The fourth-order valence-corrected chi connectivity index (χ4v) is 5.50. The smallest absolute Gasteiger partial charge is 0.266 e. The number of nitrogens with zero attached hydrogens (tertiary/aromatic N) is 4. The summed E-state index contributed by atoms with van der Waals surface area (Å²) < 4.78 is 13.1. The number of rotatable bonds is 2. The molecule has 1 aromatic carbocycles. The third-order valence-electron chi connectivity index (χ3n) is 7.63. The van der Waals surface area contributed by atoms with Crippen molar-refractivity contribution in [1.82, 2.24) is 19.7 Å². The van der Waals surface area contributed by atoms with E-state index in [1.165, 1.54) is 0 Å². The number of H-pyrrole nitrogens is 1. The van der Waals surface area contributed by atoms with Gasteiger partial charge in [0.2, 0.25) is 5.95 Å². The monoisotopic (exact) mass is 436 g/mol. The van der Waals surface area contributed by atoms with E-state index < -0.39 is 0 Å². The summed E-state index contributed by atoms with van der Waals surface area (Å²) in [6.07, 6.45) is 2.82. The quantitative estimate of drug-likeness (QED) is 0.627. The topological polar surface area (TPSA) is 111 Å². The predicted octanol–water partition coefficient (Wildman–Crippen LogP) is 1.59. The molecule has 0 amide bonds. The van der Waals surface area contributed by atoms with E-state index in [1.807, 2.05) is 12.1 Å². The summed E-state index contributed by atoms with van der Waals surface area (Å²) in [6.45, 7) is 5.04. The van der Waals surface area contributed by atoms with Crippen LogP contribution in [0.5, 0.6) is 5.75 Å². The van der Waals surface area contributed by atoms with Crippen LogP contribution in [0.2, 0.25) is 0 Å². The first kappa shape index (κ1) is 19.8. The molecule has 3 aromatic rings. The van der Waals surface area contributed by atoms with Crippen LogP contribution in [0.25, 0.3) is 22.3 Å². The summed E-state index contributed by atoms with van der Waals surface area (Å²) in [6, 6.07) is 6.01. The van der Waals surface area contributed by atoms with Gasteiger partial charge in [-0.3, -0.25) is 14.5 Å². The number of piperidine rings is 1.